The van der Waals surface area contributed by atoms with E-state index in [9.17, 15) is 13.6 Å². The number of carbonyl (C=O) groups is 1. The third-order valence-electron chi connectivity index (χ3n) is 2.17. The molecule has 0 saturated heterocycles. The van der Waals surface area contributed by atoms with Crippen LogP contribution in [0.5, 0.6) is 5.75 Å². The summed E-state index contributed by atoms with van der Waals surface area (Å²) in [5.41, 5.74) is 0.415. The number of hydrogen-bond acceptors (Lipinski definition) is 2. The maximum absolute atomic E-state index is 12.0. The van der Waals surface area contributed by atoms with E-state index < -0.39 is 6.61 Å². The Bertz CT molecular complexity index is 369. The topological polar surface area (TPSA) is 26.3 Å². The molecule has 0 unspecified atom stereocenters. The summed E-state index contributed by atoms with van der Waals surface area (Å²) in [6.07, 6.45) is 2.12. The molecule has 0 amide bonds. The van der Waals surface area contributed by atoms with Gasteiger partial charge in [-0.25, -0.2) is 0 Å². The van der Waals surface area contributed by atoms with Gasteiger partial charge in [-0.2, -0.15) is 8.78 Å². The van der Waals surface area contributed by atoms with E-state index in [4.69, 9.17) is 0 Å². The highest BCUT2D eigenvalue weighted by atomic mass is 79.9. The van der Waals surface area contributed by atoms with E-state index in [1.807, 2.05) is 0 Å². The molecule has 0 aliphatic carbocycles. The smallest absolute Gasteiger partial charge is 0.387 e. The van der Waals surface area contributed by atoms with Crippen molar-refractivity contribution in [3.63, 3.8) is 0 Å². The van der Waals surface area contributed by atoms with Crippen LogP contribution < -0.4 is 4.74 Å². The van der Waals surface area contributed by atoms with Crippen molar-refractivity contribution < 1.29 is 18.3 Å². The molecule has 0 saturated carbocycles. The first-order valence-corrected chi connectivity index (χ1v) is 6.39. The third-order valence-corrected chi connectivity index (χ3v) is 2.73. The van der Waals surface area contributed by atoms with Crippen LogP contribution >= 0.6 is 15.9 Å². The second-order valence-corrected chi connectivity index (χ2v) is 4.27. The zero-order valence-electron chi connectivity index (χ0n) is 9.17. The predicted molar refractivity (Wildman–Crippen MR) is 65.0 cm³/mol. The first-order valence-electron chi connectivity index (χ1n) is 5.27. The Kier molecular flexibility index (Phi) is 6.11. The van der Waals surface area contributed by atoms with Crippen molar-refractivity contribution in [1.82, 2.24) is 0 Å². The van der Waals surface area contributed by atoms with E-state index in [1.54, 1.807) is 6.07 Å². The average Bonchev–Trinajstić information content (AvgIpc) is 2.28. The quantitative estimate of drug-likeness (QED) is 0.432. The summed E-state index contributed by atoms with van der Waals surface area (Å²) in [4.78, 5) is 11.7. The van der Waals surface area contributed by atoms with Gasteiger partial charge in [0.2, 0.25) is 0 Å². The van der Waals surface area contributed by atoms with Gasteiger partial charge >= 0.3 is 6.61 Å². The van der Waals surface area contributed by atoms with Crippen LogP contribution in [-0.2, 0) is 0 Å². The number of unbranched alkanes of at least 4 members (excludes halogenated alkanes) is 1. The van der Waals surface area contributed by atoms with Gasteiger partial charge in [-0.3, -0.25) is 4.79 Å². The molecule has 0 radical (unpaired) electrons. The molecular weight excluding hydrogens is 294 g/mol. The largest absolute Gasteiger partial charge is 0.435 e. The van der Waals surface area contributed by atoms with Crippen LogP contribution in [0.25, 0.3) is 0 Å². The number of ether oxygens (including phenoxy) is 1. The summed E-state index contributed by atoms with van der Waals surface area (Å²) in [5, 5.41) is 0.856. The van der Waals surface area contributed by atoms with Crippen molar-refractivity contribution >= 4 is 21.7 Å². The number of Topliss-reactive ketones (excluding diaryl/α,β-unsaturated/α-hetero) is 1. The Morgan fingerprint density at radius 2 is 2.12 bits per heavy atom. The zero-order chi connectivity index (χ0) is 12.7. The summed E-state index contributed by atoms with van der Waals surface area (Å²) < 4.78 is 28.2. The number of alkyl halides is 3. The molecule has 0 spiro atoms. The number of carbonyl (C=O) groups excluding carboxylic acids is 1. The lowest BCUT2D eigenvalue weighted by atomic mass is 10.1. The van der Waals surface area contributed by atoms with Gasteiger partial charge in [-0.15, -0.1) is 0 Å². The van der Waals surface area contributed by atoms with Gasteiger partial charge in [0.1, 0.15) is 5.75 Å². The lowest BCUT2D eigenvalue weighted by molar-refractivity contribution is -0.0498. The van der Waals surface area contributed by atoms with Crippen LogP contribution in [0.4, 0.5) is 8.78 Å². The highest BCUT2D eigenvalue weighted by molar-refractivity contribution is 9.09. The van der Waals surface area contributed by atoms with Crippen molar-refractivity contribution in [2.24, 2.45) is 0 Å². The molecule has 2 nitrogen and oxygen atoms in total. The molecule has 0 heterocycles. The van der Waals surface area contributed by atoms with Crippen molar-refractivity contribution in [3.8, 4) is 5.75 Å². The molecule has 1 aromatic carbocycles. The summed E-state index contributed by atoms with van der Waals surface area (Å²) in [6.45, 7) is -2.87. The van der Waals surface area contributed by atoms with E-state index >= 15 is 0 Å². The molecule has 0 N–H and O–H groups in total. The SMILES string of the molecule is O=C(CCCCBr)c1cccc(OC(F)F)c1. The number of hydrogen-bond donors (Lipinski definition) is 0. The Morgan fingerprint density at radius 3 is 2.76 bits per heavy atom. The van der Waals surface area contributed by atoms with E-state index in [-0.39, 0.29) is 11.5 Å². The summed E-state index contributed by atoms with van der Waals surface area (Å²) in [6, 6.07) is 5.90. The van der Waals surface area contributed by atoms with Crippen molar-refractivity contribution in [2.45, 2.75) is 25.9 Å². The maximum Gasteiger partial charge on any atom is 0.387 e. The van der Waals surface area contributed by atoms with Crippen LogP contribution in [0.15, 0.2) is 24.3 Å². The summed E-state index contributed by atoms with van der Waals surface area (Å²) >= 11 is 3.28. The van der Waals surface area contributed by atoms with Gasteiger partial charge in [0.15, 0.2) is 5.78 Å². The Hall–Kier alpha value is -0.970. The zero-order valence-corrected chi connectivity index (χ0v) is 10.8. The van der Waals surface area contributed by atoms with Crippen molar-refractivity contribution in [2.75, 3.05) is 5.33 Å². The summed E-state index contributed by atoms with van der Waals surface area (Å²) in [5.74, 6) is -0.0305. The lowest BCUT2D eigenvalue weighted by Crippen LogP contribution is -2.04. The molecule has 1 rings (SSSR count). The molecule has 0 aromatic heterocycles. The molecule has 0 bridgehead atoms. The van der Waals surface area contributed by atoms with Gasteiger partial charge in [-0.05, 0) is 25.0 Å². The predicted octanol–water partition coefficient (Wildman–Crippen LogP) is 4.04. The average molecular weight is 307 g/mol. The van der Waals surface area contributed by atoms with Crippen molar-refractivity contribution in [3.05, 3.63) is 29.8 Å². The minimum absolute atomic E-state index is 0.0198. The normalized spacial score (nSPS) is 10.6. The van der Waals surface area contributed by atoms with E-state index in [0.29, 0.717) is 12.0 Å². The van der Waals surface area contributed by atoms with Gasteiger partial charge < -0.3 is 4.74 Å². The minimum Gasteiger partial charge on any atom is -0.435 e. The second-order valence-electron chi connectivity index (χ2n) is 3.48. The van der Waals surface area contributed by atoms with Gasteiger partial charge in [-0.1, -0.05) is 28.1 Å². The minimum atomic E-state index is -2.87. The maximum atomic E-state index is 12.0. The van der Waals surface area contributed by atoms with Crippen LogP contribution in [0.2, 0.25) is 0 Å². The fourth-order valence-corrected chi connectivity index (χ4v) is 1.77. The van der Waals surface area contributed by atoms with Crippen LogP contribution in [-0.4, -0.2) is 17.7 Å². The van der Waals surface area contributed by atoms with Gasteiger partial charge in [0.25, 0.3) is 0 Å². The molecular formula is C12H13BrF2O2. The van der Waals surface area contributed by atoms with Gasteiger partial charge in [0.05, 0.1) is 0 Å². The van der Waals surface area contributed by atoms with E-state index in [1.165, 1.54) is 18.2 Å². The van der Waals surface area contributed by atoms with E-state index in [0.717, 1.165) is 18.2 Å². The highest BCUT2D eigenvalue weighted by Gasteiger charge is 2.09. The second kappa shape index (κ2) is 7.37. The van der Waals surface area contributed by atoms with Crippen LogP contribution in [0.1, 0.15) is 29.6 Å². The molecule has 0 aliphatic heterocycles. The molecule has 0 atom stereocenters. The monoisotopic (exact) mass is 306 g/mol. The molecule has 0 fully saturated rings. The molecule has 0 aliphatic rings. The number of ketones is 1. The molecule has 94 valence electrons. The standard InChI is InChI=1S/C12H13BrF2O2/c13-7-2-1-6-11(16)9-4-3-5-10(8-9)17-12(14)15/h3-5,8,12H,1-2,6-7H2. The molecule has 1 aromatic rings. The fraction of sp³-hybridized carbons (Fsp3) is 0.417. The first-order chi connectivity index (χ1) is 8.13. The number of halogens is 3. The highest BCUT2D eigenvalue weighted by Crippen LogP contribution is 2.17. The van der Waals surface area contributed by atoms with Crippen molar-refractivity contribution in [1.29, 1.82) is 0 Å². The first kappa shape index (κ1) is 14.1. The van der Waals surface area contributed by atoms with Crippen LogP contribution in [0, 0.1) is 0 Å². The Labute approximate surface area is 107 Å². The molecule has 5 heteroatoms. The van der Waals surface area contributed by atoms with Crippen LogP contribution in [0.3, 0.4) is 0 Å². The summed E-state index contributed by atoms with van der Waals surface area (Å²) in [7, 11) is 0. The van der Waals surface area contributed by atoms with E-state index in [2.05, 4.69) is 20.7 Å². The van der Waals surface area contributed by atoms with Gasteiger partial charge in [0, 0.05) is 17.3 Å². The fourth-order valence-electron chi connectivity index (χ4n) is 1.37. The molecule has 17 heavy (non-hydrogen) atoms. The number of rotatable bonds is 7. The third kappa shape index (κ3) is 5.26. The lowest BCUT2D eigenvalue weighted by Gasteiger charge is -2.06. The number of benzene rings is 1. The Morgan fingerprint density at radius 1 is 1.35 bits per heavy atom. The Balaban J connectivity index is 2.60.